The van der Waals surface area contributed by atoms with Gasteiger partial charge >= 0.3 is 0 Å². The van der Waals surface area contributed by atoms with Crippen LogP contribution in [0.15, 0.2) is 0 Å². The molecule has 0 aromatic heterocycles. The second-order valence-corrected chi connectivity index (χ2v) is 5.38. The molecule has 0 heterocycles. The quantitative estimate of drug-likeness (QED) is 0.516. The van der Waals surface area contributed by atoms with Gasteiger partial charge in [-0.2, -0.15) is 0 Å². The molecular weight excluding hydrogens is 160 g/mol. The zero-order valence-electron chi connectivity index (χ0n) is 9.52. The Morgan fingerprint density at radius 1 is 1.38 bits per heavy atom. The molecule has 1 rings (SSSR count). The largest absolute Gasteiger partial charge is 0.360 e. The fraction of sp³-hybridized carbons (Fsp3) is 0.909. The van der Waals surface area contributed by atoms with Gasteiger partial charge in [0.05, 0.1) is 5.84 Å². The van der Waals surface area contributed by atoms with Crippen LogP contribution in [0.4, 0.5) is 0 Å². The Labute approximate surface area is 81.8 Å². The molecular formula is C11H22N2. The van der Waals surface area contributed by atoms with Gasteiger partial charge in [0.1, 0.15) is 0 Å². The molecule has 1 aliphatic carbocycles. The van der Waals surface area contributed by atoms with Crippen LogP contribution in [0.2, 0.25) is 0 Å². The van der Waals surface area contributed by atoms with Crippen LogP contribution in [0.5, 0.6) is 0 Å². The molecule has 0 spiro atoms. The Morgan fingerprint density at radius 2 is 1.85 bits per heavy atom. The molecule has 1 saturated carbocycles. The van der Waals surface area contributed by atoms with Crippen molar-refractivity contribution in [3.63, 3.8) is 0 Å². The second-order valence-electron chi connectivity index (χ2n) is 5.38. The molecule has 2 nitrogen and oxygen atoms in total. The summed E-state index contributed by atoms with van der Waals surface area (Å²) < 4.78 is 0. The normalized spacial score (nSPS) is 21.4. The SMILES string of the molecule is CC(C)C(=N)N(C)C1CC(C)(C)C1. The first-order valence-corrected chi connectivity index (χ1v) is 5.15. The third kappa shape index (κ3) is 2.23. The molecule has 0 bridgehead atoms. The summed E-state index contributed by atoms with van der Waals surface area (Å²) in [6.45, 7) is 8.78. The highest BCUT2D eigenvalue weighted by Gasteiger charge is 2.39. The van der Waals surface area contributed by atoms with Crippen LogP contribution in [0.3, 0.4) is 0 Å². The van der Waals surface area contributed by atoms with Crippen molar-refractivity contribution in [2.24, 2.45) is 11.3 Å². The Balaban J connectivity index is 2.43. The minimum absolute atomic E-state index is 0.355. The van der Waals surface area contributed by atoms with E-state index < -0.39 is 0 Å². The fourth-order valence-electron chi connectivity index (χ4n) is 2.09. The number of amidine groups is 1. The summed E-state index contributed by atoms with van der Waals surface area (Å²) in [6, 6.07) is 0.616. The van der Waals surface area contributed by atoms with E-state index in [2.05, 4.69) is 39.6 Å². The Morgan fingerprint density at radius 3 is 2.15 bits per heavy atom. The first kappa shape index (κ1) is 10.6. The maximum absolute atomic E-state index is 7.87. The number of nitrogens with one attached hydrogen (secondary N) is 1. The molecule has 2 heteroatoms. The van der Waals surface area contributed by atoms with Gasteiger partial charge in [0.2, 0.25) is 0 Å². The molecule has 0 amide bonds. The van der Waals surface area contributed by atoms with E-state index in [9.17, 15) is 0 Å². The molecule has 0 aromatic rings. The number of hydrogen-bond acceptors (Lipinski definition) is 1. The smallest absolute Gasteiger partial charge is 0.0983 e. The lowest BCUT2D eigenvalue weighted by Crippen LogP contribution is -2.50. The van der Waals surface area contributed by atoms with Crippen molar-refractivity contribution >= 4 is 5.84 Å². The lowest BCUT2D eigenvalue weighted by molar-refractivity contribution is 0.0765. The first-order valence-electron chi connectivity index (χ1n) is 5.15. The van der Waals surface area contributed by atoms with Gasteiger partial charge in [0, 0.05) is 19.0 Å². The molecule has 13 heavy (non-hydrogen) atoms. The highest BCUT2D eigenvalue weighted by molar-refractivity contribution is 5.81. The van der Waals surface area contributed by atoms with Crippen LogP contribution in [0.25, 0.3) is 0 Å². The predicted octanol–water partition coefficient (Wildman–Crippen LogP) is 2.74. The third-order valence-electron chi connectivity index (χ3n) is 3.05. The van der Waals surface area contributed by atoms with E-state index in [1.165, 1.54) is 12.8 Å². The van der Waals surface area contributed by atoms with Crippen molar-refractivity contribution in [2.75, 3.05) is 7.05 Å². The molecule has 0 aliphatic heterocycles. The summed E-state index contributed by atoms with van der Waals surface area (Å²) in [5, 5.41) is 7.87. The average molecular weight is 182 g/mol. The molecule has 0 atom stereocenters. The standard InChI is InChI=1S/C11H22N2/c1-8(2)10(12)13(5)9-6-11(3,4)7-9/h8-9,12H,6-7H2,1-5H3. The lowest BCUT2D eigenvalue weighted by Gasteiger charge is -2.48. The van der Waals surface area contributed by atoms with Gasteiger partial charge < -0.3 is 4.90 Å². The van der Waals surface area contributed by atoms with E-state index in [1.54, 1.807) is 0 Å². The van der Waals surface area contributed by atoms with Crippen molar-refractivity contribution < 1.29 is 0 Å². The minimum atomic E-state index is 0.355. The summed E-state index contributed by atoms with van der Waals surface area (Å²) >= 11 is 0. The monoisotopic (exact) mass is 182 g/mol. The number of rotatable bonds is 2. The predicted molar refractivity (Wildman–Crippen MR) is 57.1 cm³/mol. The Bertz CT molecular complexity index is 198. The topological polar surface area (TPSA) is 27.1 Å². The van der Waals surface area contributed by atoms with E-state index in [0.717, 1.165) is 5.84 Å². The van der Waals surface area contributed by atoms with Crippen LogP contribution < -0.4 is 0 Å². The van der Waals surface area contributed by atoms with Crippen LogP contribution >= 0.6 is 0 Å². The highest BCUT2D eigenvalue weighted by atomic mass is 15.2. The van der Waals surface area contributed by atoms with Crippen molar-refractivity contribution in [3.05, 3.63) is 0 Å². The number of nitrogens with zero attached hydrogens (tertiary/aromatic N) is 1. The van der Waals surface area contributed by atoms with Crippen LogP contribution in [0.1, 0.15) is 40.5 Å². The summed E-state index contributed by atoms with van der Waals surface area (Å²) in [5.41, 5.74) is 0.510. The molecule has 1 aliphatic rings. The third-order valence-corrected chi connectivity index (χ3v) is 3.05. The van der Waals surface area contributed by atoms with E-state index in [1.807, 2.05) is 0 Å². The van der Waals surface area contributed by atoms with Crippen LogP contribution in [0, 0.1) is 16.7 Å². The van der Waals surface area contributed by atoms with Crippen molar-refractivity contribution in [1.29, 1.82) is 5.41 Å². The molecule has 0 aromatic carbocycles. The van der Waals surface area contributed by atoms with Gasteiger partial charge in [-0.1, -0.05) is 27.7 Å². The van der Waals surface area contributed by atoms with Crippen molar-refractivity contribution in [2.45, 2.75) is 46.6 Å². The van der Waals surface area contributed by atoms with E-state index in [0.29, 0.717) is 17.4 Å². The number of hydrogen-bond donors (Lipinski definition) is 1. The Kier molecular flexibility index (Phi) is 2.69. The van der Waals surface area contributed by atoms with Crippen LogP contribution in [-0.2, 0) is 0 Å². The molecule has 1 N–H and O–H groups in total. The van der Waals surface area contributed by atoms with Gasteiger partial charge in [0.25, 0.3) is 0 Å². The van der Waals surface area contributed by atoms with Gasteiger partial charge in [-0.05, 0) is 18.3 Å². The molecule has 76 valence electrons. The van der Waals surface area contributed by atoms with Crippen LogP contribution in [-0.4, -0.2) is 23.8 Å². The summed E-state index contributed by atoms with van der Waals surface area (Å²) in [5.74, 6) is 1.13. The fourth-order valence-corrected chi connectivity index (χ4v) is 2.09. The van der Waals surface area contributed by atoms with Gasteiger partial charge in [0.15, 0.2) is 0 Å². The summed E-state index contributed by atoms with van der Waals surface area (Å²) in [6.07, 6.45) is 2.47. The maximum Gasteiger partial charge on any atom is 0.0983 e. The highest BCUT2D eigenvalue weighted by Crippen LogP contribution is 2.42. The zero-order valence-corrected chi connectivity index (χ0v) is 9.52. The maximum atomic E-state index is 7.87. The van der Waals surface area contributed by atoms with Crippen molar-refractivity contribution in [1.82, 2.24) is 4.90 Å². The summed E-state index contributed by atoms with van der Waals surface area (Å²) in [4.78, 5) is 2.15. The second kappa shape index (κ2) is 3.32. The lowest BCUT2D eigenvalue weighted by atomic mass is 9.68. The molecule has 0 radical (unpaired) electrons. The van der Waals surface area contributed by atoms with E-state index in [-0.39, 0.29) is 0 Å². The van der Waals surface area contributed by atoms with Crippen molar-refractivity contribution in [3.8, 4) is 0 Å². The zero-order chi connectivity index (χ0) is 10.2. The van der Waals surface area contributed by atoms with Gasteiger partial charge in [-0.25, -0.2) is 0 Å². The van der Waals surface area contributed by atoms with Gasteiger partial charge in [-0.3, -0.25) is 5.41 Å². The van der Waals surface area contributed by atoms with Gasteiger partial charge in [-0.15, -0.1) is 0 Å². The first-order chi connectivity index (χ1) is 5.83. The van der Waals surface area contributed by atoms with E-state index in [4.69, 9.17) is 5.41 Å². The molecule has 1 fully saturated rings. The van der Waals surface area contributed by atoms with E-state index >= 15 is 0 Å². The average Bonchev–Trinajstić information content (AvgIpc) is 1.97. The molecule has 0 unspecified atom stereocenters. The minimum Gasteiger partial charge on any atom is -0.360 e. The molecule has 0 saturated heterocycles. The Hall–Kier alpha value is -0.530. The summed E-state index contributed by atoms with van der Waals surface area (Å²) in [7, 11) is 2.06.